The Kier molecular flexibility index (Phi) is 6.10. The highest BCUT2D eigenvalue weighted by Crippen LogP contribution is 2.32. The van der Waals surface area contributed by atoms with Crippen LogP contribution in [-0.4, -0.2) is 31.0 Å². The average Bonchev–Trinajstić information content (AvgIpc) is 3.19. The Morgan fingerprint density at radius 3 is 2.43 bits per heavy atom. The SMILES string of the molecule is COc1ccc(-c2noc(/C(Cl)=C/c3ccc(OC(F)F)cc3)n2)cc1OC. The van der Waals surface area contributed by atoms with E-state index in [1.54, 1.807) is 43.5 Å². The van der Waals surface area contributed by atoms with E-state index in [4.69, 9.17) is 25.6 Å². The maximum absolute atomic E-state index is 12.2. The Labute approximate surface area is 164 Å². The summed E-state index contributed by atoms with van der Waals surface area (Å²) in [4.78, 5) is 4.27. The van der Waals surface area contributed by atoms with Crippen LogP contribution in [0.1, 0.15) is 11.5 Å². The molecular formula is C19H15ClF2N2O4. The highest BCUT2D eigenvalue weighted by Gasteiger charge is 2.14. The summed E-state index contributed by atoms with van der Waals surface area (Å²) in [5, 5.41) is 4.11. The molecule has 9 heteroatoms. The maximum Gasteiger partial charge on any atom is 0.387 e. The van der Waals surface area contributed by atoms with Gasteiger partial charge in [0, 0.05) is 5.56 Å². The molecule has 0 amide bonds. The Hall–Kier alpha value is -3.13. The lowest BCUT2D eigenvalue weighted by atomic mass is 10.2. The van der Waals surface area contributed by atoms with Gasteiger partial charge in [-0.05, 0) is 42.0 Å². The summed E-state index contributed by atoms with van der Waals surface area (Å²) >= 11 is 6.24. The largest absolute Gasteiger partial charge is 0.493 e. The molecule has 0 spiro atoms. The highest BCUT2D eigenvalue weighted by atomic mass is 35.5. The summed E-state index contributed by atoms with van der Waals surface area (Å²) in [5.74, 6) is 1.59. The first-order chi connectivity index (χ1) is 13.5. The Balaban J connectivity index is 1.80. The zero-order chi connectivity index (χ0) is 20.1. The van der Waals surface area contributed by atoms with E-state index in [-0.39, 0.29) is 16.7 Å². The van der Waals surface area contributed by atoms with Crippen LogP contribution in [0, 0.1) is 0 Å². The Morgan fingerprint density at radius 1 is 1.07 bits per heavy atom. The molecule has 1 aromatic heterocycles. The molecule has 6 nitrogen and oxygen atoms in total. The molecule has 0 aliphatic carbocycles. The number of hydrogen-bond donors (Lipinski definition) is 0. The fourth-order valence-electron chi connectivity index (χ4n) is 2.37. The first kappa shape index (κ1) is 19.6. The van der Waals surface area contributed by atoms with E-state index in [0.717, 1.165) is 0 Å². The monoisotopic (exact) mass is 408 g/mol. The van der Waals surface area contributed by atoms with Crippen LogP contribution in [0.25, 0.3) is 22.5 Å². The van der Waals surface area contributed by atoms with E-state index in [1.807, 2.05) is 0 Å². The van der Waals surface area contributed by atoms with Crippen molar-refractivity contribution in [3.8, 4) is 28.6 Å². The molecule has 0 unspecified atom stereocenters. The molecule has 0 aliphatic rings. The topological polar surface area (TPSA) is 66.6 Å². The minimum Gasteiger partial charge on any atom is -0.493 e. The second-order valence-corrected chi connectivity index (χ2v) is 5.84. The van der Waals surface area contributed by atoms with E-state index in [2.05, 4.69) is 14.9 Å². The normalized spacial score (nSPS) is 11.6. The van der Waals surface area contributed by atoms with E-state index >= 15 is 0 Å². The molecule has 0 saturated carbocycles. The molecule has 2 aromatic carbocycles. The first-order valence-corrected chi connectivity index (χ1v) is 8.36. The number of benzene rings is 2. The third-order valence-corrected chi connectivity index (χ3v) is 3.94. The number of ether oxygens (including phenoxy) is 3. The number of hydrogen-bond acceptors (Lipinski definition) is 6. The van der Waals surface area contributed by atoms with E-state index in [1.165, 1.54) is 19.2 Å². The summed E-state index contributed by atoms with van der Waals surface area (Å²) in [7, 11) is 3.07. The smallest absolute Gasteiger partial charge is 0.387 e. The molecule has 146 valence electrons. The summed E-state index contributed by atoms with van der Waals surface area (Å²) in [6.07, 6.45) is 1.57. The van der Waals surface area contributed by atoms with E-state index in [9.17, 15) is 8.78 Å². The third kappa shape index (κ3) is 4.58. The van der Waals surface area contributed by atoms with Gasteiger partial charge >= 0.3 is 6.61 Å². The fourth-order valence-corrected chi connectivity index (χ4v) is 2.57. The van der Waals surface area contributed by atoms with Crippen molar-refractivity contribution < 1.29 is 27.5 Å². The number of halogens is 3. The standard InChI is InChI=1S/C19H15ClF2N2O4/c1-25-15-8-5-12(10-16(15)26-2)17-23-18(28-24-17)14(20)9-11-3-6-13(7-4-11)27-19(21)22/h3-10,19H,1-2H3/b14-9-. The zero-order valence-corrected chi connectivity index (χ0v) is 15.6. The minimum atomic E-state index is -2.88. The molecule has 0 atom stereocenters. The van der Waals surface area contributed by atoms with Crippen molar-refractivity contribution >= 4 is 22.7 Å². The summed E-state index contributed by atoms with van der Waals surface area (Å²) in [5.41, 5.74) is 1.31. The molecule has 3 rings (SSSR count). The summed E-state index contributed by atoms with van der Waals surface area (Å²) in [6.45, 7) is -2.88. The molecule has 0 N–H and O–H groups in total. The van der Waals surface area contributed by atoms with Crippen LogP contribution in [0.5, 0.6) is 17.2 Å². The number of rotatable bonds is 7. The molecule has 3 aromatic rings. The second kappa shape index (κ2) is 8.71. The maximum atomic E-state index is 12.2. The van der Waals surface area contributed by atoms with Gasteiger partial charge in [-0.15, -0.1) is 0 Å². The van der Waals surface area contributed by atoms with Crippen LogP contribution in [0.4, 0.5) is 8.78 Å². The van der Waals surface area contributed by atoms with Crippen molar-refractivity contribution in [2.75, 3.05) is 14.2 Å². The highest BCUT2D eigenvalue weighted by molar-refractivity contribution is 6.50. The first-order valence-electron chi connectivity index (χ1n) is 7.98. The van der Waals surface area contributed by atoms with Crippen LogP contribution in [0.3, 0.4) is 0 Å². The van der Waals surface area contributed by atoms with Gasteiger partial charge in [-0.1, -0.05) is 28.9 Å². The van der Waals surface area contributed by atoms with Gasteiger partial charge in [-0.3, -0.25) is 0 Å². The van der Waals surface area contributed by atoms with Gasteiger partial charge in [0.2, 0.25) is 5.82 Å². The summed E-state index contributed by atoms with van der Waals surface area (Å²) < 4.78 is 44.3. The zero-order valence-electron chi connectivity index (χ0n) is 14.9. The number of methoxy groups -OCH3 is 2. The molecule has 0 saturated heterocycles. The lowest BCUT2D eigenvalue weighted by Gasteiger charge is -2.07. The summed E-state index contributed by atoms with van der Waals surface area (Å²) in [6, 6.07) is 11.2. The van der Waals surface area contributed by atoms with Crippen LogP contribution in [0.2, 0.25) is 0 Å². The van der Waals surface area contributed by atoms with Gasteiger partial charge < -0.3 is 18.7 Å². The lowest BCUT2D eigenvalue weighted by Crippen LogP contribution is -2.01. The van der Waals surface area contributed by atoms with Gasteiger partial charge in [0.05, 0.1) is 14.2 Å². The Bertz CT molecular complexity index is 974. The average molecular weight is 409 g/mol. The lowest BCUT2D eigenvalue weighted by molar-refractivity contribution is -0.0498. The van der Waals surface area contributed by atoms with Crippen LogP contribution < -0.4 is 14.2 Å². The number of aromatic nitrogens is 2. The minimum absolute atomic E-state index is 0.0526. The molecular weight excluding hydrogens is 394 g/mol. The fraction of sp³-hybridized carbons (Fsp3) is 0.158. The predicted octanol–water partition coefficient (Wildman–Crippen LogP) is 5.09. The van der Waals surface area contributed by atoms with Crippen molar-refractivity contribution in [2.45, 2.75) is 6.61 Å². The molecule has 1 heterocycles. The van der Waals surface area contributed by atoms with Crippen molar-refractivity contribution in [2.24, 2.45) is 0 Å². The van der Waals surface area contributed by atoms with Crippen LogP contribution >= 0.6 is 11.6 Å². The quantitative estimate of drug-likeness (QED) is 0.542. The molecule has 0 radical (unpaired) electrons. The molecule has 0 bridgehead atoms. The van der Waals surface area contributed by atoms with Crippen molar-refractivity contribution in [3.05, 3.63) is 53.9 Å². The van der Waals surface area contributed by atoms with Gasteiger partial charge in [-0.2, -0.15) is 13.8 Å². The van der Waals surface area contributed by atoms with Crippen molar-refractivity contribution in [3.63, 3.8) is 0 Å². The van der Waals surface area contributed by atoms with Crippen LogP contribution in [0.15, 0.2) is 47.0 Å². The third-order valence-electron chi connectivity index (χ3n) is 3.67. The van der Waals surface area contributed by atoms with Gasteiger partial charge in [0.25, 0.3) is 5.89 Å². The number of alkyl halides is 2. The van der Waals surface area contributed by atoms with Crippen molar-refractivity contribution in [1.82, 2.24) is 10.1 Å². The van der Waals surface area contributed by atoms with Gasteiger partial charge in [0.15, 0.2) is 11.5 Å². The molecule has 0 aliphatic heterocycles. The van der Waals surface area contributed by atoms with Gasteiger partial charge in [-0.25, -0.2) is 0 Å². The van der Waals surface area contributed by atoms with Crippen LogP contribution in [-0.2, 0) is 0 Å². The second-order valence-electron chi connectivity index (χ2n) is 5.43. The van der Waals surface area contributed by atoms with Crippen molar-refractivity contribution in [1.29, 1.82) is 0 Å². The van der Waals surface area contributed by atoms with E-state index < -0.39 is 6.61 Å². The number of nitrogens with zero attached hydrogens (tertiary/aromatic N) is 2. The van der Waals surface area contributed by atoms with E-state index in [0.29, 0.717) is 28.5 Å². The molecule has 28 heavy (non-hydrogen) atoms. The predicted molar refractivity (Wildman–Crippen MR) is 99.6 cm³/mol. The molecule has 0 fully saturated rings. The van der Waals surface area contributed by atoms with Gasteiger partial charge in [0.1, 0.15) is 10.8 Å². The Morgan fingerprint density at radius 2 is 1.79 bits per heavy atom.